The normalized spacial score (nSPS) is 19.8. The molecule has 1 aliphatic rings. The predicted molar refractivity (Wildman–Crippen MR) is 103 cm³/mol. The lowest BCUT2D eigenvalue weighted by Gasteiger charge is -2.28. The number of aliphatic hydroxyl groups excluding tert-OH is 1. The lowest BCUT2D eigenvalue weighted by Crippen LogP contribution is -2.41. The molecule has 31 heavy (non-hydrogen) atoms. The van der Waals surface area contributed by atoms with Crippen LogP contribution in [0.15, 0.2) is 35.4 Å². The lowest BCUT2D eigenvalue weighted by atomic mass is 10.1. The molecule has 3 rings (SSSR count). The summed E-state index contributed by atoms with van der Waals surface area (Å²) in [4.78, 5) is 7.52. The Kier molecular flexibility index (Phi) is 6.99. The summed E-state index contributed by atoms with van der Waals surface area (Å²) in [6.45, 7) is 2.06. The van der Waals surface area contributed by atoms with E-state index in [-0.39, 0.29) is 37.0 Å². The van der Waals surface area contributed by atoms with Crippen molar-refractivity contribution in [3.63, 3.8) is 0 Å². The molecule has 1 aromatic heterocycles. The number of hydrogen-bond acceptors (Lipinski definition) is 8. The number of ether oxygens (including phenoxy) is 2. The van der Waals surface area contributed by atoms with Gasteiger partial charge < -0.3 is 19.9 Å². The summed E-state index contributed by atoms with van der Waals surface area (Å²) < 4.78 is 76.8. The number of hydrogen-bond donors (Lipinski definition) is 3. The first-order valence-corrected chi connectivity index (χ1v) is 10.8. The zero-order chi connectivity index (χ0) is 22.6. The third-order valence-corrected chi connectivity index (χ3v) is 5.90. The third-order valence-electron chi connectivity index (χ3n) is 4.34. The van der Waals surface area contributed by atoms with Crippen molar-refractivity contribution in [2.75, 3.05) is 25.1 Å². The molecule has 0 aliphatic carbocycles. The molecule has 0 spiro atoms. The van der Waals surface area contributed by atoms with Gasteiger partial charge in [-0.05, 0) is 24.3 Å². The summed E-state index contributed by atoms with van der Waals surface area (Å²) in [6.07, 6.45) is -5.97. The van der Waals surface area contributed by atoms with Gasteiger partial charge in [-0.1, -0.05) is 6.92 Å². The van der Waals surface area contributed by atoms with Gasteiger partial charge >= 0.3 is 6.18 Å². The number of halogens is 3. The SMILES string of the molecule is CCNS(=O)(=O)c1ccc(Nc2ncc(C(F)(F)F)c(O[C@@H]3CCOC[C@@H]3O)n2)cc1. The summed E-state index contributed by atoms with van der Waals surface area (Å²) in [5.41, 5.74) is -0.823. The van der Waals surface area contributed by atoms with Crippen LogP contribution in [0.2, 0.25) is 0 Å². The number of rotatable bonds is 7. The van der Waals surface area contributed by atoms with Crippen LogP contribution in [-0.2, 0) is 20.9 Å². The Labute approximate surface area is 176 Å². The van der Waals surface area contributed by atoms with E-state index in [1.165, 1.54) is 24.3 Å². The van der Waals surface area contributed by atoms with Crippen LogP contribution >= 0.6 is 0 Å². The molecule has 2 atom stereocenters. The Hall–Kier alpha value is -2.48. The third kappa shape index (κ3) is 5.81. The first-order chi connectivity index (χ1) is 14.6. The smallest absolute Gasteiger partial charge is 0.423 e. The molecule has 0 unspecified atom stereocenters. The second-order valence-electron chi connectivity index (χ2n) is 6.65. The van der Waals surface area contributed by atoms with Crippen molar-refractivity contribution in [3.05, 3.63) is 36.0 Å². The van der Waals surface area contributed by atoms with Gasteiger partial charge in [-0.25, -0.2) is 18.1 Å². The number of sulfonamides is 1. The van der Waals surface area contributed by atoms with E-state index < -0.39 is 39.9 Å². The second kappa shape index (κ2) is 9.34. The topological polar surface area (TPSA) is 123 Å². The minimum atomic E-state index is -4.76. The maximum Gasteiger partial charge on any atom is 0.423 e. The second-order valence-corrected chi connectivity index (χ2v) is 8.42. The van der Waals surface area contributed by atoms with Crippen LogP contribution in [0.3, 0.4) is 0 Å². The van der Waals surface area contributed by atoms with E-state index in [0.717, 1.165) is 0 Å². The lowest BCUT2D eigenvalue weighted by molar-refractivity contribution is -0.141. The molecule has 3 N–H and O–H groups in total. The van der Waals surface area contributed by atoms with Crippen molar-refractivity contribution in [1.82, 2.24) is 14.7 Å². The molecule has 2 aromatic rings. The molecule has 2 heterocycles. The fourth-order valence-corrected chi connectivity index (χ4v) is 3.86. The molecule has 0 bridgehead atoms. The maximum absolute atomic E-state index is 13.3. The van der Waals surface area contributed by atoms with E-state index >= 15 is 0 Å². The van der Waals surface area contributed by atoms with E-state index in [0.29, 0.717) is 11.9 Å². The van der Waals surface area contributed by atoms with Crippen molar-refractivity contribution >= 4 is 21.7 Å². The highest BCUT2D eigenvalue weighted by atomic mass is 32.2. The zero-order valence-electron chi connectivity index (χ0n) is 16.4. The highest BCUT2D eigenvalue weighted by molar-refractivity contribution is 7.89. The zero-order valence-corrected chi connectivity index (χ0v) is 17.2. The first-order valence-electron chi connectivity index (χ1n) is 9.33. The average molecular weight is 462 g/mol. The number of aliphatic hydroxyl groups is 1. The summed E-state index contributed by atoms with van der Waals surface area (Å²) in [5.74, 6) is -0.908. The Bertz CT molecular complexity index is 1000. The molecule has 170 valence electrons. The van der Waals surface area contributed by atoms with Crippen molar-refractivity contribution in [2.24, 2.45) is 0 Å². The highest BCUT2D eigenvalue weighted by Crippen LogP contribution is 2.36. The van der Waals surface area contributed by atoms with Crippen molar-refractivity contribution < 1.29 is 36.2 Å². The van der Waals surface area contributed by atoms with E-state index in [9.17, 15) is 26.7 Å². The standard InChI is InChI=1S/C18H21F3N4O5S/c1-2-23-31(27,28)12-5-3-11(4-6-12)24-17-22-9-13(18(19,20)21)16(25-17)30-15-7-8-29-10-14(15)26/h3-6,9,14-15,23,26H,2,7-8,10H2,1H3,(H,22,24,25)/t14-,15+/m0/s1. The van der Waals surface area contributed by atoms with Crippen LogP contribution in [0.4, 0.5) is 24.8 Å². The average Bonchev–Trinajstić information content (AvgIpc) is 2.69. The van der Waals surface area contributed by atoms with Crippen molar-refractivity contribution in [3.8, 4) is 5.88 Å². The van der Waals surface area contributed by atoms with Crippen LogP contribution in [0.25, 0.3) is 0 Å². The molecule has 1 saturated heterocycles. The van der Waals surface area contributed by atoms with Crippen LogP contribution in [0.1, 0.15) is 18.9 Å². The molecule has 13 heteroatoms. The first kappa shape index (κ1) is 23.2. The summed E-state index contributed by atoms with van der Waals surface area (Å²) in [5, 5.41) is 12.6. The van der Waals surface area contributed by atoms with Crippen LogP contribution in [0.5, 0.6) is 5.88 Å². The molecular weight excluding hydrogens is 441 g/mol. The molecular formula is C18H21F3N4O5S. The van der Waals surface area contributed by atoms with Gasteiger partial charge in [0.2, 0.25) is 21.9 Å². The monoisotopic (exact) mass is 462 g/mol. The number of nitrogens with zero attached hydrogens (tertiary/aromatic N) is 2. The van der Waals surface area contributed by atoms with Gasteiger partial charge in [0.1, 0.15) is 17.8 Å². The number of aromatic nitrogens is 2. The van der Waals surface area contributed by atoms with Gasteiger partial charge in [0, 0.05) is 24.8 Å². The quantitative estimate of drug-likeness (QED) is 0.572. The molecule has 0 amide bonds. The Morgan fingerprint density at radius 3 is 2.61 bits per heavy atom. The molecule has 1 fully saturated rings. The van der Waals surface area contributed by atoms with Gasteiger partial charge in [-0.3, -0.25) is 0 Å². The number of alkyl halides is 3. The van der Waals surface area contributed by atoms with Gasteiger partial charge in [0.05, 0.1) is 18.1 Å². The molecule has 0 radical (unpaired) electrons. The van der Waals surface area contributed by atoms with E-state index in [1.807, 2.05) is 0 Å². The molecule has 1 aliphatic heterocycles. The largest absolute Gasteiger partial charge is 0.471 e. The van der Waals surface area contributed by atoms with Crippen molar-refractivity contribution in [2.45, 2.75) is 36.6 Å². The van der Waals surface area contributed by atoms with Gasteiger partial charge in [-0.2, -0.15) is 18.2 Å². The van der Waals surface area contributed by atoms with Gasteiger partial charge in [0.25, 0.3) is 0 Å². The van der Waals surface area contributed by atoms with E-state index in [1.54, 1.807) is 6.92 Å². The highest BCUT2D eigenvalue weighted by Gasteiger charge is 2.38. The molecule has 0 saturated carbocycles. The maximum atomic E-state index is 13.3. The van der Waals surface area contributed by atoms with Crippen molar-refractivity contribution in [1.29, 1.82) is 0 Å². The Morgan fingerprint density at radius 1 is 1.29 bits per heavy atom. The summed E-state index contributed by atoms with van der Waals surface area (Å²) in [7, 11) is -3.64. The van der Waals surface area contributed by atoms with Crippen LogP contribution in [-0.4, -0.2) is 55.5 Å². The predicted octanol–water partition coefficient (Wildman–Crippen LogP) is 2.07. The van der Waals surface area contributed by atoms with Gasteiger partial charge in [0.15, 0.2) is 0 Å². The van der Waals surface area contributed by atoms with Gasteiger partial charge in [-0.15, -0.1) is 0 Å². The Balaban J connectivity index is 1.83. The fraction of sp³-hybridized carbons (Fsp3) is 0.444. The number of benzene rings is 1. The Morgan fingerprint density at radius 2 is 2.00 bits per heavy atom. The number of anilines is 2. The minimum absolute atomic E-state index is 0.0331. The van der Waals surface area contributed by atoms with E-state index in [2.05, 4.69) is 20.0 Å². The minimum Gasteiger partial charge on any atom is -0.471 e. The molecule has 9 nitrogen and oxygen atoms in total. The summed E-state index contributed by atoms with van der Waals surface area (Å²) in [6, 6.07) is 5.52. The molecule has 1 aromatic carbocycles. The van der Waals surface area contributed by atoms with Crippen LogP contribution < -0.4 is 14.8 Å². The van der Waals surface area contributed by atoms with E-state index in [4.69, 9.17) is 9.47 Å². The number of nitrogens with one attached hydrogen (secondary N) is 2. The van der Waals surface area contributed by atoms with Crippen LogP contribution in [0, 0.1) is 0 Å². The summed E-state index contributed by atoms with van der Waals surface area (Å²) >= 11 is 0. The fourth-order valence-electron chi connectivity index (χ4n) is 2.81.